The topological polar surface area (TPSA) is 118 Å². The highest BCUT2D eigenvalue weighted by Crippen LogP contribution is 2.41. The van der Waals surface area contributed by atoms with Gasteiger partial charge in [0.2, 0.25) is 0 Å². The number of thiazole rings is 1. The lowest BCUT2D eigenvalue weighted by atomic mass is 10.0. The lowest BCUT2D eigenvalue weighted by Crippen LogP contribution is -2.50. The predicted molar refractivity (Wildman–Crippen MR) is 166 cm³/mol. The fraction of sp³-hybridized carbons (Fsp3) is 0.633. The molecule has 0 radical (unpaired) electrons. The molecule has 1 aromatic heterocycles. The Labute approximate surface area is 255 Å². The molecule has 12 heteroatoms. The number of carbonyl (C=O) groups excluding carboxylic acids is 2. The Bertz CT molecular complexity index is 1320. The van der Waals surface area contributed by atoms with Crippen molar-refractivity contribution < 1.29 is 27.5 Å². The first kappa shape index (κ1) is 35.7. The summed E-state index contributed by atoms with van der Waals surface area (Å²) in [5.41, 5.74) is 1.19. The van der Waals surface area contributed by atoms with Crippen LogP contribution in [0, 0.1) is 5.92 Å². The highest BCUT2D eigenvalue weighted by Gasteiger charge is 2.39. The largest absolute Gasteiger partial charge is 0.444 e. The summed E-state index contributed by atoms with van der Waals surface area (Å²) in [4.78, 5) is 35.7. The highest BCUT2D eigenvalue weighted by molar-refractivity contribution is 7.91. The molecule has 0 aliphatic carbocycles. The van der Waals surface area contributed by atoms with Crippen molar-refractivity contribution in [2.24, 2.45) is 5.92 Å². The fourth-order valence-electron chi connectivity index (χ4n) is 5.00. The number of sulfone groups is 1. The molecule has 2 aromatic rings. The van der Waals surface area contributed by atoms with Crippen molar-refractivity contribution >= 4 is 33.2 Å². The quantitative estimate of drug-likeness (QED) is 0.421. The molecule has 2 amide bonds. The summed E-state index contributed by atoms with van der Waals surface area (Å²) < 4.78 is 35.6. The lowest BCUT2D eigenvalue weighted by molar-refractivity contribution is -0.0578. The zero-order chi connectivity index (χ0) is 29.2. The van der Waals surface area contributed by atoms with Crippen molar-refractivity contribution in [3.05, 3.63) is 45.4 Å². The maximum absolute atomic E-state index is 12.9. The Morgan fingerprint density at radius 1 is 1.19 bits per heavy atom. The van der Waals surface area contributed by atoms with Crippen LogP contribution in [0.2, 0.25) is 0 Å². The van der Waals surface area contributed by atoms with Crippen molar-refractivity contribution in [2.45, 2.75) is 92.1 Å². The monoisotopic (exact) mass is 624 g/mol. The number of ether oxygens (including phenoxy) is 2. The van der Waals surface area contributed by atoms with Crippen LogP contribution in [0.25, 0.3) is 0 Å². The molecule has 0 spiro atoms. The Balaban J connectivity index is 0.00000308. The number of morpholine rings is 1. The van der Waals surface area contributed by atoms with E-state index in [1.807, 2.05) is 20.8 Å². The molecule has 2 aliphatic rings. The van der Waals surface area contributed by atoms with Crippen LogP contribution in [0.4, 0.5) is 4.79 Å². The molecular weight excluding hydrogens is 576 g/mol. The predicted octanol–water partition coefficient (Wildman–Crippen LogP) is 5.29. The van der Waals surface area contributed by atoms with Gasteiger partial charge in [-0.2, -0.15) is 0 Å². The second kappa shape index (κ2) is 14.3. The maximum Gasteiger partial charge on any atom is 0.410 e. The van der Waals surface area contributed by atoms with E-state index >= 15 is 0 Å². The van der Waals surface area contributed by atoms with Gasteiger partial charge in [0.15, 0.2) is 14.8 Å². The van der Waals surface area contributed by atoms with Gasteiger partial charge < -0.3 is 19.7 Å². The van der Waals surface area contributed by atoms with E-state index in [0.29, 0.717) is 37.8 Å². The summed E-state index contributed by atoms with van der Waals surface area (Å²) in [6, 6.07) is 6.62. The molecule has 236 valence electrons. The summed E-state index contributed by atoms with van der Waals surface area (Å²) in [5.74, 6) is 0.0650. The summed E-state index contributed by atoms with van der Waals surface area (Å²) in [6.45, 7) is 14.5. The van der Waals surface area contributed by atoms with Gasteiger partial charge in [-0.25, -0.2) is 18.2 Å². The Morgan fingerprint density at radius 2 is 1.86 bits per heavy atom. The third kappa shape index (κ3) is 8.52. The molecule has 3 heterocycles. The van der Waals surface area contributed by atoms with Gasteiger partial charge in [-0.1, -0.05) is 47.8 Å². The second-order valence-electron chi connectivity index (χ2n) is 11.6. The van der Waals surface area contributed by atoms with Crippen molar-refractivity contribution in [1.82, 2.24) is 20.1 Å². The molecule has 1 fully saturated rings. The van der Waals surface area contributed by atoms with Gasteiger partial charge in [0.25, 0.3) is 5.91 Å². The first-order valence-electron chi connectivity index (χ1n) is 13.7. The number of benzene rings is 1. The van der Waals surface area contributed by atoms with E-state index in [9.17, 15) is 18.0 Å². The van der Waals surface area contributed by atoms with E-state index in [0.717, 1.165) is 16.1 Å². The van der Waals surface area contributed by atoms with E-state index < -0.39 is 15.4 Å². The van der Waals surface area contributed by atoms with Crippen LogP contribution in [0.15, 0.2) is 29.2 Å². The average Bonchev–Trinajstić information content (AvgIpc) is 3.44. The van der Waals surface area contributed by atoms with E-state index in [1.54, 1.807) is 36.1 Å². The molecule has 1 N–H and O–H groups in total. The minimum absolute atomic E-state index is 0. The number of hydrogen-bond acceptors (Lipinski definition) is 9. The number of carbonyl (C=O) groups is 2. The molecule has 0 saturated carbocycles. The van der Waals surface area contributed by atoms with Gasteiger partial charge in [0, 0.05) is 31.1 Å². The third-order valence-electron chi connectivity index (χ3n) is 6.92. The van der Waals surface area contributed by atoms with Crippen molar-refractivity contribution in [2.75, 3.05) is 32.0 Å². The number of aromatic nitrogens is 1. The Hall–Kier alpha value is -2.54. The number of nitrogens with zero attached hydrogens (tertiary/aromatic N) is 3. The van der Waals surface area contributed by atoms with E-state index in [-0.39, 0.29) is 62.1 Å². The van der Waals surface area contributed by atoms with Gasteiger partial charge in [-0.3, -0.25) is 9.69 Å². The van der Waals surface area contributed by atoms with Gasteiger partial charge in [-0.05, 0) is 44.4 Å². The zero-order valence-corrected chi connectivity index (χ0v) is 25.7. The first-order valence-corrected chi connectivity index (χ1v) is 16.2. The van der Waals surface area contributed by atoms with Crippen LogP contribution in [0.3, 0.4) is 0 Å². The zero-order valence-electron chi connectivity index (χ0n) is 24.1. The van der Waals surface area contributed by atoms with Crippen molar-refractivity contribution in [3.63, 3.8) is 0 Å². The summed E-state index contributed by atoms with van der Waals surface area (Å²) in [6.07, 6.45) is -0.459. The molecule has 2 atom stereocenters. The first-order chi connectivity index (χ1) is 18.8. The highest BCUT2D eigenvalue weighted by atomic mass is 32.2. The number of nitrogens with one attached hydrogen (secondary N) is 1. The van der Waals surface area contributed by atoms with Gasteiger partial charge in [-0.15, -0.1) is 11.3 Å². The maximum atomic E-state index is 12.9. The molecular formula is C30H48N4O6S2. The lowest BCUT2D eigenvalue weighted by Gasteiger charge is -2.37. The number of rotatable bonds is 8. The molecule has 10 nitrogen and oxygen atoms in total. The standard InChI is InChI=1S/C28H40N4O6S2.2CH4/c1-7-40(35,36)21-10-8-19(9-11-21)14-29-25(33)26-30-23-22(39-26)17-32(24(23)18(2)3)16-20-15-31(12-13-37-20)27(34)38-28(4,5)6;;/h8-11,18,20,24H,7,12-17H2,1-6H3,(H,29,33);2*1H4/t20-,24+;;/m1../s1. The van der Waals surface area contributed by atoms with Gasteiger partial charge >= 0.3 is 6.09 Å². The summed E-state index contributed by atoms with van der Waals surface area (Å²) in [5, 5.41) is 3.33. The SMILES string of the molecule is C.C.CCS(=O)(=O)c1ccc(CNC(=O)c2nc3c(s2)CN(C[C@H]2CN(C(=O)OC(C)(C)C)CCO2)[C@H]3C(C)C)cc1. The molecule has 4 rings (SSSR count). The van der Waals surface area contributed by atoms with Crippen LogP contribution >= 0.6 is 11.3 Å². The van der Waals surface area contributed by atoms with Gasteiger partial charge in [0.05, 0.1) is 41.6 Å². The van der Waals surface area contributed by atoms with Crippen molar-refractivity contribution in [1.29, 1.82) is 0 Å². The van der Waals surface area contributed by atoms with E-state index in [1.165, 1.54) is 11.3 Å². The molecule has 1 aromatic carbocycles. The smallest absolute Gasteiger partial charge is 0.410 e. The van der Waals surface area contributed by atoms with Crippen LogP contribution in [0.5, 0.6) is 0 Å². The second-order valence-corrected chi connectivity index (χ2v) is 15.0. The van der Waals surface area contributed by atoms with Crippen LogP contribution in [-0.2, 0) is 32.4 Å². The van der Waals surface area contributed by atoms with E-state index in [2.05, 4.69) is 24.1 Å². The third-order valence-corrected chi connectivity index (χ3v) is 9.72. The molecule has 42 heavy (non-hydrogen) atoms. The molecule has 2 aliphatic heterocycles. The Morgan fingerprint density at radius 3 is 2.45 bits per heavy atom. The number of hydrogen-bond donors (Lipinski definition) is 1. The van der Waals surface area contributed by atoms with Crippen LogP contribution in [0.1, 0.15) is 88.4 Å². The van der Waals surface area contributed by atoms with Crippen LogP contribution < -0.4 is 5.32 Å². The van der Waals surface area contributed by atoms with Crippen molar-refractivity contribution in [3.8, 4) is 0 Å². The minimum Gasteiger partial charge on any atom is -0.444 e. The van der Waals surface area contributed by atoms with Gasteiger partial charge in [0.1, 0.15) is 5.60 Å². The molecule has 0 unspecified atom stereocenters. The number of amides is 2. The summed E-state index contributed by atoms with van der Waals surface area (Å²) >= 11 is 1.40. The minimum atomic E-state index is -3.26. The van der Waals surface area contributed by atoms with Crippen LogP contribution in [-0.4, -0.2) is 78.9 Å². The molecule has 1 saturated heterocycles. The normalized spacial score (nSPS) is 19.1. The number of fused-ring (bicyclic) bond motifs is 1. The molecule has 0 bridgehead atoms. The Kier molecular flexibility index (Phi) is 12.1. The van der Waals surface area contributed by atoms with E-state index in [4.69, 9.17) is 14.5 Å². The fourth-order valence-corrected chi connectivity index (χ4v) is 6.93. The summed E-state index contributed by atoms with van der Waals surface area (Å²) in [7, 11) is -3.26. The average molecular weight is 625 g/mol.